The van der Waals surface area contributed by atoms with E-state index in [1.165, 1.54) is 17.0 Å². The van der Waals surface area contributed by atoms with Crippen LogP contribution in [0, 0.1) is 0 Å². The lowest BCUT2D eigenvalue weighted by molar-refractivity contribution is 0.143. The van der Waals surface area contributed by atoms with Crippen molar-refractivity contribution in [3.8, 4) is 0 Å². The largest absolute Gasteiger partial charge is 0.444 e. The number of carbonyl (C=O) groups is 1. The van der Waals surface area contributed by atoms with Crippen molar-refractivity contribution in [2.75, 3.05) is 18.2 Å². The van der Waals surface area contributed by atoms with Crippen LogP contribution in [0.3, 0.4) is 0 Å². The summed E-state index contributed by atoms with van der Waals surface area (Å²) in [5.74, 6) is 0. The molecular formula is C10H11NO4S. The number of hydrogen-bond acceptors (Lipinski definition) is 4. The van der Waals surface area contributed by atoms with Crippen molar-refractivity contribution in [1.29, 1.82) is 0 Å². The fraction of sp³-hybridized carbons (Fsp3) is 0.300. The molecule has 0 bridgehead atoms. The molecule has 86 valence electrons. The number of sulfone groups is 1. The number of hydrogen-bond donors (Lipinski definition) is 0. The molecule has 2 rings (SSSR count). The number of amides is 1. The van der Waals surface area contributed by atoms with Crippen molar-refractivity contribution in [2.45, 2.75) is 11.5 Å². The summed E-state index contributed by atoms with van der Waals surface area (Å²) in [6.45, 7) is 0.183. The third-order valence-corrected chi connectivity index (χ3v) is 3.58. The highest BCUT2D eigenvalue weighted by Gasteiger charge is 2.23. The van der Waals surface area contributed by atoms with E-state index in [2.05, 4.69) is 0 Å². The first-order valence-electron chi connectivity index (χ1n) is 4.63. The van der Waals surface area contributed by atoms with E-state index in [0.29, 0.717) is 5.69 Å². The highest BCUT2D eigenvalue weighted by molar-refractivity contribution is 7.90. The Kier molecular flexibility index (Phi) is 2.38. The second-order valence-corrected chi connectivity index (χ2v) is 5.69. The molecule has 0 fully saturated rings. The maximum Gasteiger partial charge on any atom is 0.414 e. The molecule has 0 radical (unpaired) electrons. The smallest absolute Gasteiger partial charge is 0.414 e. The van der Waals surface area contributed by atoms with E-state index in [1.807, 2.05) is 0 Å². The summed E-state index contributed by atoms with van der Waals surface area (Å²) in [6.07, 6.45) is 0.661. The fourth-order valence-electron chi connectivity index (χ4n) is 1.54. The molecule has 1 amide bonds. The van der Waals surface area contributed by atoms with Gasteiger partial charge in [0.1, 0.15) is 6.61 Å². The van der Waals surface area contributed by atoms with E-state index in [1.54, 1.807) is 13.1 Å². The summed E-state index contributed by atoms with van der Waals surface area (Å²) >= 11 is 0. The van der Waals surface area contributed by atoms with Crippen LogP contribution in [0.15, 0.2) is 23.1 Å². The van der Waals surface area contributed by atoms with Crippen LogP contribution in [0.4, 0.5) is 10.5 Å². The maximum absolute atomic E-state index is 11.4. The molecule has 16 heavy (non-hydrogen) atoms. The molecule has 6 heteroatoms. The molecule has 1 aliphatic heterocycles. The number of cyclic esters (lactones) is 1. The minimum atomic E-state index is -3.26. The van der Waals surface area contributed by atoms with Gasteiger partial charge in [0.05, 0.1) is 10.6 Å². The van der Waals surface area contributed by atoms with E-state index in [0.717, 1.165) is 11.8 Å². The number of fused-ring (bicyclic) bond motifs is 1. The number of anilines is 1. The Bertz CT molecular complexity index is 550. The second-order valence-electron chi connectivity index (χ2n) is 3.68. The predicted octanol–water partition coefficient (Wildman–Crippen LogP) is 1.18. The van der Waals surface area contributed by atoms with Gasteiger partial charge in [-0.1, -0.05) is 6.07 Å². The molecule has 0 saturated carbocycles. The van der Waals surface area contributed by atoms with E-state index in [4.69, 9.17) is 4.74 Å². The van der Waals surface area contributed by atoms with Gasteiger partial charge in [0, 0.05) is 18.9 Å². The van der Waals surface area contributed by atoms with Gasteiger partial charge in [-0.05, 0) is 12.1 Å². The zero-order valence-electron chi connectivity index (χ0n) is 8.93. The molecule has 1 heterocycles. The SMILES string of the molecule is CN1C(=O)OCc2ccc(S(C)(=O)=O)cc21. The minimum absolute atomic E-state index is 0.183. The average Bonchev–Trinajstić information content (AvgIpc) is 2.22. The zero-order valence-corrected chi connectivity index (χ0v) is 9.74. The van der Waals surface area contributed by atoms with Gasteiger partial charge < -0.3 is 4.74 Å². The highest BCUT2D eigenvalue weighted by atomic mass is 32.2. The standard InChI is InChI=1S/C10H11NO4S/c1-11-9-5-8(16(2,13)14)4-3-7(9)6-15-10(11)12/h3-5H,6H2,1-2H3. The van der Waals surface area contributed by atoms with Gasteiger partial charge in [-0.15, -0.1) is 0 Å². The topological polar surface area (TPSA) is 63.7 Å². The van der Waals surface area contributed by atoms with Gasteiger partial charge in [0.25, 0.3) is 0 Å². The Morgan fingerprint density at radius 3 is 2.69 bits per heavy atom. The summed E-state index contributed by atoms with van der Waals surface area (Å²) in [4.78, 5) is 12.8. The Morgan fingerprint density at radius 1 is 1.38 bits per heavy atom. The van der Waals surface area contributed by atoms with E-state index in [-0.39, 0.29) is 11.5 Å². The first-order valence-corrected chi connectivity index (χ1v) is 6.52. The maximum atomic E-state index is 11.4. The molecule has 1 aliphatic rings. The first kappa shape index (κ1) is 10.9. The molecule has 1 aromatic carbocycles. The molecule has 0 aromatic heterocycles. The molecule has 0 saturated heterocycles. The second kappa shape index (κ2) is 3.48. The van der Waals surface area contributed by atoms with Crippen molar-refractivity contribution in [1.82, 2.24) is 0 Å². The third-order valence-electron chi connectivity index (χ3n) is 2.47. The van der Waals surface area contributed by atoms with Crippen LogP contribution >= 0.6 is 0 Å². The summed E-state index contributed by atoms with van der Waals surface area (Å²) in [5.41, 5.74) is 1.38. The predicted molar refractivity (Wildman–Crippen MR) is 58.1 cm³/mol. The Hall–Kier alpha value is -1.56. The van der Waals surface area contributed by atoms with Crippen LogP contribution in [0.2, 0.25) is 0 Å². The highest BCUT2D eigenvalue weighted by Crippen LogP contribution is 2.28. The normalized spacial score (nSPS) is 15.6. The van der Waals surface area contributed by atoms with E-state index >= 15 is 0 Å². The molecule has 1 aromatic rings. The first-order chi connectivity index (χ1) is 7.39. The fourth-order valence-corrected chi connectivity index (χ4v) is 2.18. The molecule has 0 N–H and O–H groups in total. The van der Waals surface area contributed by atoms with E-state index in [9.17, 15) is 13.2 Å². The number of ether oxygens (including phenoxy) is 1. The summed E-state index contributed by atoms with van der Waals surface area (Å²) < 4.78 is 27.6. The van der Waals surface area contributed by atoms with Crippen molar-refractivity contribution < 1.29 is 17.9 Å². The lowest BCUT2D eigenvalue weighted by Gasteiger charge is -2.25. The lowest BCUT2D eigenvalue weighted by atomic mass is 10.1. The van der Waals surface area contributed by atoms with Gasteiger partial charge in [-0.2, -0.15) is 0 Å². The van der Waals surface area contributed by atoms with Crippen LogP contribution in [0.1, 0.15) is 5.56 Å². The van der Waals surface area contributed by atoms with Gasteiger partial charge in [-0.25, -0.2) is 13.2 Å². The number of carbonyl (C=O) groups excluding carboxylic acids is 1. The lowest BCUT2D eigenvalue weighted by Crippen LogP contribution is -2.32. The number of nitrogens with zero attached hydrogens (tertiary/aromatic N) is 1. The molecule has 0 atom stereocenters. The van der Waals surface area contributed by atoms with Crippen LogP contribution in [0.5, 0.6) is 0 Å². The molecule has 0 unspecified atom stereocenters. The van der Waals surface area contributed by atoms with Crippen LogP contribution in [-0.2, 0) is 21.2 Å². The number of rotatable bonds is 1. The quantitative estimate of drug-likeness (QED) is 0.740. The van der Waals surface area contributed by atoms with Gasteiger partial charge >= 0.3 is 6.09 Å². The molecule has 0 spiro atoms. The Labute approximate surface area is 93.5 Å². The Balaban J connectivity index is 2.57. The van der Waals surface area contributed by atoms with Crippen LogP contribution < -0.4 is 4.90 Å². The van der Waals surface area contributed by atoms with Crippen LogP contribution in [-0.4, -0.2) is 27.8 Å². The molecule has 5 nitrogen and oxygen atoms in total. The molecular weight excluding hydrogens is 230 g/mol. The number of benzene rings is 1. The monoisotopic (exact) mass is 241 g/mol. The Morgan fingerprint density at radius 2 is 2.06 bits per heavy atom. The minimum Gasteiger partial charge on any atom is -0.444 e. The van der Waals surface area contributed by atoms with Crippen molar-refractivity contribution in [2.24, 2.45) is 0 Å². The third kappa shape index (κ3) is 1.76. The summed E-state index contributed by atoms with van der Waals surface area (Å²) in [7, 11) is -1.71. The van der Waals surface area contributed by atoms with Gasteiger partial charge in [-0.3, -0.25) is 4.90 Å². The average molecular weight is 241 g/mol. The van der Waals surface area contributed by atoms with Gasteiger partial charge in [0.2, 0.25) is 0 Å². The van der Waals surface area contributed by atoms with Crippen LogP contribution in [0.25, 0.3) is 0 Å². The molecule has 0 aliphatic carbocycles. The van der Waals surface area contributed by atoms with Crippen molar-refractivity contribution in [3.63, 3.8) is 0 Å². The van der Waals surface area contributed by atoms with Gasteiger partial charge in [0.15, 0.2) is 9.84 Å². The summed E-state index contributed by atoms with van der Waals surface area (Å²) in [5, 5.41) is 0. The van der Waals surface area contributed by atoms with Crippen molar-refractivity contribution >= 4 is 21.6 Å². The summed E-state index contributed by atoms with van der Waals surface area (Å²) in [6, 6.07) is 4.67. The zero-order chi connectivity index (χ0) is 11.9. The van der Waals surface area contributed by atoms with Crippen molar-refractivity contribution in [3.05, 3.63) is 23.8 Å². The van der Waals surface area contributed by atoms with E-state index < -0.39 is 15.9 Å².